The van der Waals surface area contributed by atoms with E-state index in [2.05, 4.69) is 5.10 Å². The van der Waals surface area contributed by atoms with Crippen molar-refractivity contribution in [3.63, 3.8) is 0 Å². The van der Waals surface area contributed by atoms with E-state index >= 15 is 0 Å². The number of hydrogen-bond acceptors (Lipinski definition) is 4. The molecule has 3 rings (SSSR count). The topological polar surface area (TPSA) is 67.6 Å². The molecule has 2 atom stereocenters. The fourth-order valence-corrected chi connectivity index (χ4v) is 3.17. The summed E-state index contributed by atoms with van der Waals surface area (Å²) in [6, 6.07) is -0.0656. The molecule has 0 aliphatic carbocycles. The van der Waals surface area contributed by atoms with Crippen LogP contribution in [0.15, 0.2) is 6.08 Å². The Kier molecular flexibility index (Phi) is 4.15. The van der Waals surface area contributed by atoms with Crippen LogP contribution in [-0.4, -0.2) is 43.6 Å². The Morgan fingerprint density at radius 1 is 1.46 bits per heavy atom. The van der Waals surface area contributed by atoms with Crippen LogP contribution >= 0.6 is 0 Å². The molecule has 7 heteroatoms. The van der Waals surface area contributed by atoms with Gasteiger partial charge in [-0.1, -0.05) is 0 Å². The molecule has 132 valence electrons. The van der Waals surface area contributed by atoms with Gasteiger partial charge in [-0.25, -0.2) is 9.18 Å². The van der Waals surface area contributed by atoms with E-state index in [1.165, 1.54) is 6.08 Å². The highest BCUT2D eigenvalue weighted by Gasteiger charge is 2.35. The number of halogens is 1. The van der Waals surface area contributed by atoms with Crippen molar-refractivity contribution in [2.45, 2.75) is 71.4 Å². The number of aliphatic hydroxyl groups excluding tert-OH is 1. The van der Waals surface area contributed by atoms with Crippen molar-refractivity contribution in [2.24, 2.45) is 0 Å². The number of hydrogen-bond donors (Lipinski definition) is 1. The van der Waals surface area contributed by atoms with Crippen LogP contribution < -0.4 is 0 Å². The first-order valence-corrected chi connectivity index (χ1v) is 8.29. The van der Waals surface area contributed by atoms with Crippen LogP contribution in [0, 0.1) is 0 Å². The molecule has 1 aromatic rings. The van der Waals surface area contributed by atoms with Gasteiger partial charge in [0.15, 0.2) is 0 Å². The monoisotopic (exact) mass is 337 g/mol. The van der Waals surface area contributed by atoms with Crippen LogP contribution in [0.25, 0.3) is 5.83 Å². The normalized spacial score (nSPS) is 23.9. The van der Waals surface area contributed by atoms with E-state index < -0.39 is 23.6 Å². The van der Waals surface area contributed by atoms with Gasteiger partial charge in [0.25, 0.3) is 0 Å². The standard InChI is InChI=1S/C17H24FN3O3/c1-10-7-14-12(9-20(10)16(23)24-17(2,3)4)15-13(18)8-11(22)5-6-21(15)19-14/h8,10-11,22H,5-7,9H2,1-4H3/t10-,11?/m1/s1. The summed E-state index contributed by atoms with van der Waals surface area (Å²) in [5, 5.41) is 14.2. The van der Waals surface area contributed by atoms with Gasteiger partial charge >= 0.3 is 6.09 Å². The van der Waals surface area contributed by atoms with Gasteiger partial charge in [-0.2, -0.15) is 5.10 Å². The fourth-order valence-electron chi connectivity index (χ4n) is 3.17. The largest absolute Gasteiger partial charge is 0.444 e. The van der Waals surface area contributed by atoms with Crippen LogP contribution in [0.3, 0.4) is 0 Å². The van der Waals surface area contributed by atoms with Crippen LogP contribution in [0.1, 0.15) is 51.1 Å². The van der Waals surface area contributed by atoms with E-state index in [1.807, 2.05) is 27.7 Å². The molecule has 2 aliphatic rings. The first kappa shape index (κ1) is 17.0. The van der Waals surface area contributed by atoms with E-state index in [0.29, 0.717) is 30.6 Å². The Morgan fingerprint density at radius 2 is 2.17 bits per heavy atom. The average Bonchev–Trinajstić information content (AvgIpc) is 2.72. The second-order valence-corrected chi connectivity index (χ2v) is 7.53. The summed E-state index contributed by atoms with van der Waals surface area (Å²) in [6.45, 7) is 8.11. The molecule has 0 fully saturated rings. The smallest absolute Gasteiger partial charge is 0.410 e. The highest BCUT2D eigenvalue weighted by Crippen LogP contribution is 2.33. The molecular weight excluding hydrogens is 313 g/mol. The molecule has 3 heterocycles. The molecule has 1 unspecified atom stereocenters. The summed E-state index contributed by atoms with van der Waals surface area (Å²) >= 11 is 0. The summed E-state index contributed by atoms with van der Waals surface area (Å²) in [6.07, 6.45) is 0.985. The predicted octanol–water partition coefficient (Wildman–Crippen LogP) is 2.64. The SMILES string of the molecule is C[C@@H]1Cc2nn3c(c2CN1C(=O)OC(C)(C)C)C(F)=CC(O)CC3. The Morgan fingerprint density at radius 3 is 2.83 bits per heavy atom. The Bertz CT molecular complexity index is 690. The third kappa shape index (κ3) is 3.17. The van der Waals surface area contributed by atoms with E-state index in [1.54, 1.807) is 9.58 Å². The van der Waals surface area contributed by atoms with Crippen LogP contribution in [0.2, 0.25) is 0 Å². The lowest BCUT2D eigenvalue weighted by Crippen LogP contribution is -2.45. The summed E-state index contributed by atoms with van der Waals surface area (Å²) in [5.74, 6) is -0.479. The van der Waals surface area contributed by atoms with E-state index in [4.69, 9.17) is 4.74 Å². The molecule has 2 aliphatic heterocycles. The number of amides is 1. The third-order valence-corrected chi connectivity index (χ3v) is 4.31. The number of aryl methyl sites for hydroxylation is 1. The molecule has 1 N–H and O–H groups in total. The molecule has 1 aromatic heterocycles. The van der Waals surface area contributed by atoms with Gasteiger partial charge in [-0.3, -0.25) is 4.68 Å². The van der Waals surface area contributed by atoms with Crippen molar-refractivity contribution in [1.82, 2.24) is 14.7 Å². The maximum Gasteiger partial charge on any atom is 0.410 e. The van der Waals surface area contributed by atoms with Gasteiger partial charge < -0.3 is 14.7 Å². The van der Waals surface area contributed by atoms with Gasteiger partial charge in [0.1, 0.15) is 17.1 Å². The number of ether oxygens (including phenoxy) is 1. The van der Waals surface area contributed by atoms with Crippen LogP contribution in [0.4, 0.5) is 9.18 Å². The van der Waals surface area contributed by atoms with Crippen molar-refractivity contribution in [3.05, 3.63) is 23.0 Å². The Labute approximate surface area is 140 Å². The van der Waals surface area contributed by atoms with E-state index in [0.717, 1.165) is 5.69 Å². The van der Waals surface area contributed by atoms with Gasteiger partial charge in [0.2, 0.25) is 0 Å². The molecule has 0 saturated heterocycles. The zero-order valence-corrected chi connectivity index (χ0v) is 14.5. The molecule has 24 heavy (non-hydrogen) atoms. The lowest BCUT2D eigenvalue weighted by molar-refractivity contribution is 0.0137. The van der Waals surface area contributed by atoms with Crippen molar-refractivity contribution in [2.75, 3.05) is 0 Å². The lowest BCUT2D eigenvalue weighted by atomic mass is 9.99. The summed E-state index contributed by atoms with van der Waals surface area (Å²) in [7, 11) is 0. The minimum Gasteiger partial charge on any atom is -0.444 e. The molecular formula is C17H24FN3O3. The number of rotatable bonds is 0. The molecule has 1 amide bonds. The third-order valence-electron chi connectivity index (χ3n) is 4.31. The second kappa shape index (κ2) is 5.88. The Balaban J connectivity index is 1.93. The highest BCUT2D eigenvalue weighted by molar-refractivity contribution is 5.70. The summed E-state index contributed by atoms with van der Waals surface area (Å²) in [5.41, 5.74) is 1.32. The number of carbonyl (C=O) groups excluding carboxylic acids is 1. The molecule has 0 aromatic carbocycles. The molecule has 0 radical (unpaired) electrons. The van der Waals surface area contributed by atoms with Crippen molar-refractivity contribution < 1.29 is 19.0 Å². The maximum atomic E-state index is 14.5. The lowest BCUT2D eigenvalue weighted by Gasteiger charge is -2.34. The van der Waals surface area contributed by atoms with Crippen LogP contribution in [0.5, 0.6) is 0 Å². The minimum absolute atomic E-state index is 0.0656. The maximum absolute atomic E-state index is 14.5. The summed E-state index contributed by atoms with van der Waals surface area (Å²) < 4.78 is 21.6. The quantitative estimate of drug-likeness (QED) is 0.790. The molecule has 6 nitrogen and oxygen atoms in total. The average molecular weight is 337 g/mol. The number of aromatic nitrogens is 2. The predicted molar refractivity (Wildman–Crippen MR) is 86.9 cm³/mol. The molecule has 0 spiro atoms. The van der Waals surface area contributed by atoms with Crippen LogP contribution in [-0.2, 0) is 24.2 Å². The number of fused-ring (bicyclic) bond motifs is 3. The number of carbonyl (C=O) groups is 1. The van der Waals surface area contributed by atoms with Gasteiger partial charge in [0, 0.05) is 24.6 Å². The van der Waals surface area contributed by atoms with E-state index in [-0.39, 0.29) is 12.6 Å². The molecule has 0 saturated carbocycles. The Hall–Kier alpha value is -1.89. The number of aliphatic hydroxyl groups is 1. The first-order chi connectivity index (χ1) is 11.2. The van der Waals surface area contributed by atoms with Crippen molar-refractivity contribution in [1.29, 1.82) is 0 Å². The minimum atomic E-state index is -0.813. The number of nitrogens with zero attached hydrogens (tertiary/aromatic N) is 3. The van der Waals surface area contributed by atoms with E-state index in [9.17, 15) is 14.3 Å². The van der Waals surface area contributed by atoms with Crippen molar-refractivity contribution in [3.8, 4) is 0 Å². The first-order valence-electron chi connectivity index (χ1n) is 8.29. The van der Waals surface area contributed by atoms with Gasteiger partial charge in [-0.05, 0) is 40.2 Å². The zero-order chi connectivity index (χ0) is 17.6. The zero-order valence-electron chi connectivity index (χ0n) is 14.5. The highest BCUT2D eigenvalue weighted by atomic mass is 19.1. The fraction of sp³-hybridized carbons (Fsp3) is 0.647. The van der Waals surface area contributed by atoms with Gasteiger partial charge in [0.05, 0.1) is 18.3 Å². The summed E-state index contributed by atoms with van der Waals surface area (Å²) in [4.78, 5) is 14.1. The van der Waals surface area contributed by atoms with Gasteiger partial charge in [-0.15, -0.1) is 0 Å². The second-order valence-electron chi connectivity index (χ2n) is 7.53. The molecule has 0 bridgehead atoms. The van der Waals surface area contributed by atoms with Crippen molar-refractivity contribution >= 4 is 11.9 Å².